The van der Waals surface area contributed by atoms with Gasteiger partial charge in [-0.1, -0.05) is 52.9 Å². The number of aromatic nitrogens is 2. The molecule has 6 atom stereocenters. The maximum absolute atomic E-state index is 15.0. The highest BCUT2D eigenvalue weighted by Crippen LogP contribution is 2.48. The molecule has 5 amide bonds. The van der Waals surface area contributed by atoms with Crippen molar-refractivity contribution in [1.29, 1.82) is 0 Å². The van der Waals surface area contributed by atoms with Crippen LogP contribution in [-0.2, 0) is 29.4 Å². The van der Waals surface area contributed by atoms with Gasteiger partial charge in [0.15, 0.2) is 5.13 Å². The lowest BCUT2D eigenvalue weighted by Gasteiger charge is -2.34. The predicted octanol–water partition coefficient (Wildman–Crippen LogP) is 5.12. The Kier molecular flexibility index (Phi) is 14.6. The number of pyridine rings is 1. The first kappa shape index (κ1) is 49.6. The van der Waals surface area contributed by atoms with E-state index in [1.54, 1.807) is 59.9 Å². The number of benzene rings is 1. The summed E-state index contributed by atoms with van der Waals surface area (Å²) < 4.78 is 41.2. The Hall–Kier alpha value is -5.28. The molecule has 0 bridgehead atoms. The van der Waals surface area contributed by atoms with Gasteiger partial charge in [0.05, 0.1) is 31.4 Å². The molecule has 1 unspecified atom stereocenters. The fourth-order valence-corrected chi connectivity index (χ4v) is 12.0. The number of carbonyl (C=O) groups is 5. The van der Waals surface area contributed by atoms with E-state index in [-0.39, 0.29) is 56.9 Å². The number of nitrogens with zero attached hydrogens (tertiary/aromatic N) is 5. The number of amides is 5. The SMILES string of the molecule is COc1ccc2c(O[C@@H]3C[C@H]4C(=O)N[C@]5(C(=O)O)CC5CCCCCCC[C@H](NC(=O)N[C@H](C(=O)N5CCN(C(C)C)S5(=O)=O)C(C)(C)C)C(=O)N4C3)cc(-c3csc(NC(C)C)n3)nc2c1. The molecule has 4 fully saturated rings. The van der Waals surface area contributed by atoms with Crippen molar-refractivity contribution in [3.63, 3.8) is 0 Å². The second-order valence-corrected chi connectivity index (χ2v) is 22.5. The van der Waals surface area contributed by atoms with Gasteiger partial charge in [0.2, 0.25) is 11.8 Å². The molecule has 7 rings (SSSR count). The molecule has 67 heavy (non-hydrogen) atoms. The number of methoxy groups -OCH3 is 1. The molecule has 5 N–H and O–H groups in total. The Morgan fingerprint density at radius 2 is 1.70 bits per heavy atom. The van der Waals surface area contributed by atoms with Crippen LogP contribution < -0.4 is 30.7 Å². The second kappa shape index (κ2) is 19.7. The number of fused-ring (bicyclic) bond motifs is 3. The number of hydrogen-bond donors (Lipinski definition) is 5. The molecule has 3 saturated heterocycles. The summed E-state index contributed by atoms with van der Waals surface area (Å²) in [6.07, 6.45) is 4.04. The minimum Gasteiger partial charge on any atom is -0.497 e. The number of hydrogen-bond acceptors (Lipinski definition) is 13. The number of carbonyl (C=O) groups excluding carboxylic acids is 4. The highest BCUT2D eigenvalue weighted by Gasteiger charge is 2.62. The molecule has 1 saturated carbocycles. The molecule has 21 heteroatoms. The van der Waals surface area contributed by atoms with Crippen molar-refractivity contribution in [1.82, 2.24) is 39.4 Å². The van der Waals surface area contributed by atoms with Gasteiger partial charge in [-0.05, 0) is 70.4 Å². The zero-order valence-electron chi connectivity index (χ0n) is 39.6. The van der Waals surface area contributed by atoms with Crippen LogP contribution in [0.1, 0.15) is 106 Å². The number of urea groups is 1. The Morgan fingerprint density at radius 1 is 0.985 bits per heavy atom. The molecule has 19 nitrogen and oxygen atoms in total. The van der Waals surface area contributed by atoms with Crippen LogP contribution >= 0.6 is 11.3 Å². The van der Waals surface area contributed by atoms with Gasteiger partial charge in [0, 0.05) is 47.9 Å². The third-order valence-corrected chi connectivity index (χ3v) is 16.0. The van der Waals surface area contributed by atoms with Crippen LogP contribution in [0.4, 0.5) is 9.93 Å². The smallest absolute Gasteiger partial charge is 0.329 e. The van der Waals surface area contributed by atoms with Gasteiger partial charge in [-0.25, -0.2) is 23.9 Å². The van der Waals surface area contributed by atoms with Gasteiger partial charge < -0.3 is 40.7 Å². The minimum atomic E-state index is -4.14. The van der Waals surface area contributed by atoms with Crippen LogP contribution in [0, 0.1) is 11.3 Å². The average molecular weight is 968 g/mol. The molecule has 0 radical (unpaired) electrons. The minimum absolute atomic E-state index is 0.00359. The normalized spacial score (nSPS) is 25.4. The van der Waals surface area contributed by atoms with Crippen LogP contribution in [0.2, 0.25) is 0 Å². The molecular formula is C46H65N9O10S2. The number of carboxylic acids is 1. The molecule has 4 aliphatic rings. The van der Waals surface area contributed by atoms with Crippen LogP contribution in [0.3, 0.4) is 0 Å². The monoisotopic (exact) mass is 967 g/mol. The first-order valence-electron chi connectivity index (χ1n) is 23.3. The number of carboxylic acid groups (broad SMARTS) is 1. The van der Waals surface area contributed by atoms with Gasteiger partial charge >= 0.3 is 22.2 Å². The molecule has 5 heterocycles. The lowest BCUT2D eigenvalue weighted by atomic mass is 9.86. The van der Waals surface area contributed by atoms with E-state index in [4.69, 9.17) is 19.4 Å². The Bertz CT molecular complexity index is 2480. The van der Waals surface area contributed by atoms with Crippen molar-refractivity contribution in [2.75, 3.05) is 32.1 Å². The fourth-order valence-electron chi connectivity index (χ4n) is 9.39. The van der Waals surface area contributed by atoms with Crippen LogP contribution in [-0.4, -0.2) is 135 Å². The van der Waals surface area contributed by atoms with Gasteiger partial charge in [-0.2, -0.15) is 12.7 Å². The quantitative estimate of drug-likeness (QED) is 0.168. The van der Waals surface area contributed by atoms with Crippen molar-refractivity contribution in [2.24, 2.45) is 11.3 Å². The van der Waals surface area contributed by atoms with E-state index < -0.39 is 75.1 Å². The Balaban J connectivity index is 1.19. The topological polar surface area (TPSA) is 242 Å². The highest BCUT2D eigenvalue weighted by atomic mass is 32.2. The Morgan fingerprint density at radius 3 is 2.36 bits per heavy atom. The molecular weight excluding hydrogens is 903 g/mol. The van der Waals surface area contributed by atoms with Crippen LogP contribution in [0.15, 0.2) is 29.6 Å². The van der Waals surface area contributed by atoms with Crippen LogP contribution in [0.5, 0.6) is 11.5 Å². The van der Waals surface area contributed by atoms with Gasteiger partial charge in [0.25, 0.3) is 5.91 Å². The average Bonchev–Trinajstić information content (AvgIpc) is 3.52. The van der Waals surface area contributed by atoms with Crippen molar-refractivity contribution >= 4 is 67.3 Å². The first-order chi connectivity index (χ1) is 31.6. The fraction of sp³-hybridized carbons (Fsp3) is 0.630. The van der Waals surface area contributed by atoms with Crippen LogP contribution in [0.25, 0.3) is 22.3 Å². The number of anilines is 1. The van der Waals surface area contributed by atoms with Crippen molar-refractivity contribution in [2.45, 2.75) is 148 Å². The van der Waals surface area contributed by atoms with Gasteiger partial charge in [-0.15, -0.1) is 11.3 Å². The zero-order chi connectivity index (χ0) is 48.6. The van der Waals surface area contributed by atoms with Crippen molar-refractivity contribution < 1.29 is 47.0 Å². The number of nitrogens with one attached hydrogen (secondary N) is 4. The maximum atomic E-state index is 15.0. The second-order valence-electron chi connectivity index (χ2n) is 19.8. The zero-order valence-corrected chi connectivity index (χ0v) is 41.2. The molecule has 366 valence electrons. The summed E-state index contributed by atoms with van der Waals surface area (Å²) in [4.78, 5) is 81.4. The summed E-state index contributed by atoms with van der Waals surface area (Å²) in [5.41, 5.74) is -0.714. The van der Waals surface area contributed by atoms with Gasteiger partial charge in [-0.3, -0.25) is 14.4 Å². The van der Waals surface area contributed by atoms with E-state index in [0.717, 1.165) is 35.1 Å². The molecule has 2 aromatic heterocycles. The molecule has 1 aliphatic carbocycles. The van der Waals surface area contributed by atoms with E-state index >= 15 is 0 Å². The van der Waals surface area contributed by atoms with Crippen molar-refractivity contribution in [3.05, 3.63) is 29.6 Å². The predicted molar refractivity (Wildman–Crippen MR) is 253 cm³/mol. The summed E-state index contributed by atoms with van der Waals surface area (Å²) in [6.45, 7) is 12.6. The molecule has 3 aliphatic heterocycles. The van der Waals surface area contributed by atoms with E-state index in [9.17, 15) is 37.5 Å². The van der Waals surface area contributed by atoms with E-state index in [1.165, 1.54) is 20.5 Å². The highest BCUT2D eigenvalue weighted by molar-refractivity contribution is 7.87. The Labute approximate surface area is 396 Å². The van der Waals surface area contributed by atoms with Crippen molar-refractivity contribution in [3.8, 4) is 22.9 Å². The lowest BCUT2D eigenvalue weighted by molar-refractivity contribution is -0.145. The summed E-state index contributed by atoms with van der Waals surface area (Å²) in [7, 11) is -2.58. The number of aliphatic carboxylic acids is 1. The standard InChI is InChI=1S/C46H65N9O10S2/c1-26(2)47-44-50-35(25-66-44)34-22-37(31-17-16-29(64-8)20-33(31)48-34)65-30-21-36-39(56)52-46(42(59)60)23-28(46)14-12-10-9-11-13-15-32(40(57)53(36)24-30)49-43(61)51-38(45(5,6)7)41(58)55-19-18-54(27(3)4)67(55,62)63/h16-17,20,22,25-28,30,32,36,38H,9-15,18-19,21,23-24H2,1-8H3,(H,47,50)(H,52,56)(H,59,60)(H2,49,51,61)/t28?,30-,32+,36+,38-,46-/m1/s1. The third kappa shape index (κ3) is 10.7. The lowest BCUT2D eigenvalue weighted by Crippen LogP contribution is -2.60. The number of thiazole rings is 1. The summed E-state index contributed by atoms with van der Waals surface area (Å²) in [5, 5.41) is 25.3. The maximum Gasteiger partial charge on any atom is 0.329 e. The molecule has 0 spiro atoms. The summed E-state index contributed by atoms with van der Waals surface area (Å²) in [5.74, 6) is -2.41. The summed E-state index contributed by atoms with van der Waals surface area (Å²) >= 11 is 1.44. The first-order valence-corrected chi connectivity index (χ1v) is 25.5. The third-order valence-electron chi connectivity index (χ3n) is 13.1. The van der Waals surface area contributed by atoms with E-state index in [1.807, 2.05) is 25.3 Å². The number of rotatable bonds is 11. The van der Waals surface area contributed by atoms with E-state index in [2.05, 4.69) is 21.3 Å². The summed E-state index contributed by atoms with van der Waals surface area (Å²) in [6, 6.07) is 2.41. The van der Waals surface area contributed by atoms with E-state index in [0.29, 0.717) is 46.6 Å². The largest absolute Gasteiger partial charge is 0.497 e. The number of ether oxygens (including phenoxy) is 2. The van der Waals surface area contributed by atoms with Gasteiger partial charge in [0.1, 0.15) is 47.0 Å². The molecule has 1 aromatic carbocycles. The molecule has 3 aromatic rings.